The zero-order chi connectivity index (χ0) is 19.7. The maximum atomic E-state index is 6.10. The lowest BCUT2D eigenvalue weighted by Crippen LogP contribution is -2.21. The van der Waals surface area contributed by atoms with E-state index in [1.54, 1.807) is 12.1 Å². The van der Waals surface area contributed by atoms with Crippen LogP contribution >= 0.6 is 11.6 Å². The molecule has 27 heavy (non-hydrogen) atoms. The lowest BCUT2D eigenvalue weighted by molar-refractivity contribution is 0.0564. The molecule has 0 fully saturated rings. The standard InChI is InChI=1S/C22H28ClNO3/c1-17(27-22(2,3)4)24-20-12-11-19(23)15-21(20)26-14-8-13-25-16-18-9-6-5-7-10-18/h5-7,9-12,15,24H,1,8,13-14,16H2,2-4H3. The molecule has 0 saturated carbocycles. The number of anilines is 1. The molecule has 146 valence electrons. The number of rotatable bonds is 10. The minimum absolute atomic E-state index is 0.326. The van der Waals surface area contributed by atoms with Crippen LogP contribution in [0.5, 0.6) is 5.75 Å². The van der Waals surface area contributed by atoms with Crippen molar-refractivity contribution in [2.45, 2.75) is 39.4 Å². The lowest BCUT2D eigenvalue weighted by atomic mass is 10.2. The fourth-order valence-corrected chi connectivity index (χ4v) is 2.53. The van der Waals surface area contributed by atoms with E-state index in [1.165, 1.54) is 0 Å². The van der Waals surface area contributed by atoms with Gasteiger partial charge in [0.15, 0.2) is 5.88 Å². The van der Waals surface area contributed by atoms with Gasteiger partial charge >= 0.3 is 0 Å². The SMILES string of the molecule is C=C(Nc1ccc(Cl)cc1OCCCOCc1ccccc1)OC(C)(C)C. The summed E-state index contributed by atoms with van der Waals surface area (Å²) in [7, 11) is 0. The number of hydrogen-bond donors (Lipinski definition) is 1. The van der Waals surface area contributed by atoms with Crippen molar-refractivity contribution >= 4 is 17.3 Å². The molecular weight excluding hydrogens is 362 g/mol. The molecule has 0 aliphatic rings. The summed E-state index contributed by atoms with van der Waals surface area (Å²) in [6, 6.07) is 15.5. The van der Waals surface area contributed by atoms with Gasteiger partial charge in [0, 0.05) is 17.5 Å². The Kier molecular flexibility index (Phi) is 8.01. The highest BCUT2D eigenvalue weighted by Gasteiger charge is 2.14. The van der Waals surface area contributed by atoms with Gasteiger partial charge in [-0.15, -0.1) is 0 Å². The maximum Gasteiger partial charge on any atom is 0.184 e. The Labute approximate surface area is 167 Å². The molecule has 0 aliphatic carbocycles. The zero-order valence-electron chi connectivity index (χ0n) is 16.3. The second kappa shape index (κ2) is 10.2. The third kappa shape index (κ3) is 8.37. The summed E-state index contributed by atoms with van der Waals surface area (Å²) in [4.78, 5) is 0. The molecule has 0 saturated heterocycles. The van der Waals surface area contributed by atoms with Gasteiger partial charge in [-0.1, -0.05) is 41.9 Å². The van der Waals surface area contributed by atoms with Crippen LogP contribution in [-0.4, -0.2) is 18.8 Å². The third-order valence-electron chi connectivity index (χ3n) is 3.45. The van der Waals surface area contributed by atoms with Crippen LogP contribution in [0.4, 0.5) is 5.69 Å². The van der Waals surface area contributed by atoms with Gasteiger partial charge < -0.3 is 19.5 Å². The van der Waals surface area contributed by atoms with Crippen molar-refractivity contribution in [2.75, 3.05) is 18.5 Å². The minimum atomic E-state index is -0.326. The van der Waals surface area contributed by atoms with Crippen LogP contribution in [0.3, 0.4) is 0 Å². The van der Waals surface area contributed by atoms with Crippen LogP contribution in [-0.2, 0) is 16.1 Å². The summed E-state index contributed by atoms with van der Waals surface area (Å²) in [5.41, 5.74) is 1.60. The molecule has 0 amide bonds. The number of nitrogens with one attached hydrogen (secondary N) is 1. The maximum absolute atomic E-state index is 6.10. The van der Waals surface area contributed by atoms with E-state index in [9.17, 15) is 0 Å². The Hall–Kier alpha value is -2.17. The van der Waals surface area contributed by atoms with Gasteiger partial charge in [0.05, 0.1) is 25.5 Å². The molecule has 5 heteroatoms. The van der Waals surface area contributed by atoms with Crippen LogP contribution in [0.1, 0.15) is 32.8 Å². The molecule has 4 nitrogen and oxygen atoms in total. The van der Waals surface area contributed by atoms with E-state index < -0.39 is 0 Å². The Morgan fingerprint density at radius 1 is 1.07 bits per heavy atom. The number of ether oxygens (including phenoxy) is 3. The Balaban J connectivity index is 1.79. The minimum Gasteiger partial charge on any atom is -0.491 e. The van der Waals surface area contributed by atoms with Gasteiger partial charge in [-0.25, -0.2) is 0 Å². The molecule has 0 unspecified atom stereocenters. The van der Waals surface area contributed by atoms with E-state index in [1.807, 2.05) is 57.2 Å². The molecule has 2 aromatic carbocycles. The van der Waals surface area contributed by atoms with Gasteiger partial charge in [-0.3, -0.25) is 0 Å². The number of hydrogen-bond acceptors (Lipinski definition) is 4. The van der Waals surface area contributed by atoms with Crippen molar-refractivity contribution in [3.05, 3.63) is 71.6 Å². The van der Waals surface area contributed by atoms with Gasteiger partial charge in [0.2, 0.25) is 0 Å². The van der Waals surface area contributed by atoms with E-state index >= 15 is 0 Å². The quantitative estimate of drug-likeness (QED) is 0.398. The molecule has 2 aromatic rings. The van der Waals surface area contributed by atoms with E-state index in [2.05, 4.69) is 11.9 Å². The predicted octanol–water partition coefficient (Wildman–Crippen LogP) is 6.02. The number of benzene rings is 2. The van der Waals surface area contributed by atoms with Crippen LogP contribution in [0.2, 0.25) is 5.02 Å². The molecule has 0 radical (unpaired) electrons. The summed E-state index contributed by atoms with van der Waals surface area (Å²) >= 11 is 6.10. The van der Waals surface area contributed by atoms with Crippen LogP contribution < -0.4 is 10.1 Å². The fraction of sp³-hybridized carbons (Fsp3) is 0.364. The zero-order valence-corrected chi connectivity index (χ0v) is 17.0. The molecule has 0 bridgehead atoms. The highest BCUT2D eigenvalue weighted by Crippen LogP contribution is 2.30. The Bertz CT molecular complexity index is 726. The average Bonchev–Trinajstić information content (AvgIpc) is 2.59. The average molecular weight is 390 g/mol. The van der Waals surface area contributed by atoms with Crippen molar-refractivity contribution < 1.29 is 14.2 Å². The van der Waals surface area contributed by atoms with Gasteiger partial charge in [-0.05, 0) is 45.0 Å². The molecule has 2 rings (SSSR count). The van der Waals surface area contributed by atoms with Gasteiger partial charge in [0.25, 0.3) is 0 Å². The van der Waals surface area contributed by atoms with E-state index in [-0.39, 0.29) is 5.60 Å². The summed E-state index contributed by atoms with van der Waals surface area (Å²) in [6.07, 6.45) is 0.776. The van der Waals surface area contributed by atoms with Crippen molar-refractivity contribution in [2.24, 2.45) is 0 Å². The molecule has 0 aromatic heterocycles. The second-order valence-electron chi connectivity index (χ2n) is 7.14. The molecular formula is C22H28ClNO3. The first-order valence-corrected chi connectivity index (χ1v) is 9.40. The number of halogens is 1. The van der Waals surface area contributed by atoms with Crippen molar-refractivity contribution in [1.29, 1.82) is 0 Å². The van der Waals surface area contributed by atoms with E-state index in [4.69, 9.17) is 25.8 Å². The Morgan fingerprint density at radius 2 is 1.81 bits per heavy atom. The van der Waals surface area contributed by atoms with Gasteiger partial charge in [-0.2, -0.15) is 0 Å². The first-order valence-electron chi connectivity index (χ1n) is 9.02. The lowest BCUT2D eigenvalue weighted by Gasteiger charge is -2.24. The molecule has 0 spiro atoms. The fourth-order valence-electron chi connectivity index (χ4n) is 2.37. The van der Waals surface area contributed by atoms with E-state index in [0.29, 0.717) is 36.5 Å². The van der Waals surface area contributed by atoms with Crippen molar-refractivity contribution in [3.63, 3.8) is 0 Å². The third-order valence-corrected chi connectivity index (χ3v) is 3.68. The summed E-state index contributed by atoms with van der Waals surface area (Å²) < 4.78 is 17.3. The second-order valence-corrected chi connectivity index (χ2v) is 7.58. The normalized spacial score (nSPS) is 11.1. The van der Waals surface area contributed by atoms with E-state index in [0.717, 1.165) is 17.7 Å². The first-order chi connectivity index (χ1) is 12.8. The monoisotopic (exact) mass is 389 g/mol. The predicted molar refractivity (Wildman–Crippen MR) is 111 cm³/mol. The van der Waals surface area contributed by atoms with Gasteiger partial charge in [0.1, 0.15) is 11.4 Å². The largest absolute Gasteiger partial charge is 0.491 e. The smallest absolute Gasteiger partial charge is 0.184 e. The van der Waals surface area contributed by atoms with Crippen LogP contribution in [0.25, 0.3) is 0 Å². The Morgan fingerprint density at radius 3 is 2.52 bits per heavy atom. The first kappa shape index (κ1) is 21.1. The molecule has 0 atom stereocenters. The van der Waals surface area contributed by atoms with Crippen molar-refractivity contribution in [3.8, 4) is 5.75 Å². The topological polar surface area (TPSA) is 39.7 Å². The molecule has 1 N–H and O–H groups in total. The van der Waals surface area contributed by atoms with Crippen LogP contribution in [0, 0.1) is 0 Å². The molecule has 0 aliphatic heterocycles. The van der Waals surface area contributed by atoms with Crippen molar-refractivity contribution in [1.82, 2.24) is 0 Å². The molecule has 0 heterocycles. The summed E-state index contributed by atoms with van der Waals surface area (Å²) in [5.74, 6) is 1.12. The summed E-state index contributed by atoms with van der Waals surface area (Å²) in [5, 5.41) is 3.75. The highest BCUT2D eigenvalue weighted by atomic mass is 35.5. The van der Waals surface area contributed by atoms with Crippen LogP contribution in [0.15, 0.2) is 61.0 Å². The highest BCUT2D eigenvalue weighted by molar-refractivity contribution is 6.30. The summed E-state index contributed by atoms with van der Waals surface area (Å²) in [6.45, 7) is 11.6.